The third kappa shape index (κ3) is 5.07. The van der Waals surface area contributed by atoms with Crippen molar-refractivity contribution in [2.24, 2.45) is 5.92 Å². The predicted octanol–water partition coefficient (Wildman–Crippen LogP) is 4.02. The first-order chi connectivity index (χ1) is 13.6. The van der Waals surface area contributed by atoms with E-state index < -0.39 is 4.92 Å². The molecule has 7 heteroatoms. The molecule has 1 aliphatic carbocycles. The number of non-ortho nitro benzene ring substituents is 1. The van der Waals surface area contributed by atoms with Crippen LogP contribution in [0.25, 0.3) is 0 Å². The Balaban J connectivity index is 1.60. The Morgan fingerprint density at radius 3 is 2.71 bits per heavy atom. The number of carbonyl (C=O) groups is 1. The molecule has 0 bridgehead atoms. The van der Waals surface area contributed by atoms with Gasteiger partial charge in [-0.3, -0.25) is 14.9 Å². The molecular formula is C21H25N3O4. The highest BCUT2D eigenvalue weighted by Crippen LogP contribution is 2.28. The minimum atomic E-state index is -0.409. The van der Waals surface area contributed by atoms with Crippen molar-refractivity contribution in [1.82, 2.24) is 5.32 Å². The van der Waals surface area contributed by atoms with Crippen LogP contribution >= 0.6 is 0 Å². The molecular weight excluding hydrogens is 358 g/mol. The van der Waals surface area contributed by atoms with Crippen LogP contribution in [0.5, 0.6) is 5.75 Å². The van der Waals surface area contributed by atoms with E-state index in [1.165, 1.54) is 12.1 Å². The van der Waals surface area contributed by atoms with E-state index >= 15 is 0 Å². The molecule has 2 aromatic carbocycles. The highest BCUT2D eigenvalue weighted by Gasteiger charge is 2.25. The average molecular weight is 383 g/mol. The fraction of sp³-hybridized carbons (Fsp3) is 0.381. The molecule has 1 amide bonds. The lowest BCUT2D eigenvalue weighted by molar-refractivity contribution is -0.384. The van der Waals surface area contributed by atoms with Gasteiger partial charge in [-0.2, -0.15) is 0 Å². The number of nitro benzene ring substituents is 1. The molecule has 0 saturated heterocycles. The van der Waals surface area contributed by atoms with Crippen LogP contribution < -0.4 is 15.4 Å². The number of ether oxygens (including phenoxy) is 1. The van der Waals surface area contributed by atoms with Gasteiger partial charge in [-0.1, -0.05) is 18.6 Å². The van der Waals surface area contributed by atoms with Crippen molar-refractivity contribution in [3.63, 3.8) is 0 Å². The maximum absolute atomic E-state index is 12.1. The number of nitro groups is 1. The predicted molar refractivity (Wildman–Crippen MR) is 107 cm³/mol. The lowest BCUT2D eigenvalue weighted by atomic mass is 9.85. The Hall–Kier alpha value is -2.93. The van der Waals surface area contributed by atoms with Crippen molar-refractivity contribution in [3.05, 3.63) is 63.7 Å². The van der Waals surface area contributed by atoms with Gasteiger partial charge in [0.2, 0.25) is 5.91 Å². The standard InChI is InChI=1S/C21H25N3O4/c1-2-28-20-10-9-19(24(26)27)12-17(20)14-22-13-15-5-3-8-18(11-15)23-21(25)16-6-4-7-16/h3,5,8-12,16,22H,2,4,6-7,13-14H2,1H3,(H,23,25). The summed E-state index contributed by atoms with van der Waals surface area (Å²) in [4.78, 5) is 22.7. The fourth-order valence-corrected chi connectivity index (χ4v) is 3.13. The Bertz CT molecular complexity index is 849. The van der Waals surface area contributed by atoms with Crippen LogP contribution in [0, 0.1) is 16.0 Å². The van der Waals surface area contributed by atoms with Crippen LogP contribution in [-0.4, -0.2) is 17.4 Å². The summed E-state index contributed by atoms with van der Waals surface area (Å²) in [5, 5.41) is 17.3. The number of rotatable bonds is 9. The van der Waals surface area contributed by atoms with E-state index in [1.54, 1.807) is 6.07 Å². The number of amides is 1. The van der Waals surface area contributed by atoms with E-state index in [0.717, 1.165) is 36.1 Å². The van der Waals surface area contributed by atoms with E-state index in [4.69, 9.17) is 4.74 Å². The average Bonchev–Trinajstić information content (AvgIpc) is 2.62. The van der Waals surface area contributed by atoms with Gasteiger partial charge in [0.05, 0.1) is 11.5 Å². The van der Waals surface area contributed by atoms with Gasteiger partial charge in [-0.25, -0.2) is 0 Å². The van der Waals surface area contributed by atoms with Gasteiger partial charge in [0, 0.05) is 42.4 Å². The minimum Gasteiger partial charge on any atom is -0.494 e. The molecule has 2 aromatic rings. The van der Waals surface area contributed by atoms with Crippen molar-refractivity contribution in [2.45, 2.75) is 39.3 Å². The number of carbonyl (C=O) groups excluding carboxylic acids is 1. The molecule has 0 radical (unpaired) electrons. The maximum atomic E-state index is 12.1. The van der Waals surface area contributed by atoms with E-state index in [9.17, 15) is 14.9 Å². The first-order valence-corrected chi connectivity index (χ1v) is 9.57. The monoisotopic (exact) mass is 383 g/mol. The summed E-state index contributed by atoms with van der Waals surface area (Å²) in [6.07, 6.45) is 3.07. The summed E-state index contributed by atoms with van der Waals surface area (Å²) < 4.78 is 5.57. The van der Waals surface area contributed by atoms with Crippen molar-refractivity contribution in [1.29, 1.82) is 0 Å². The van der Waals surface area contributed by atoms with Crippen LogP contribution in [0.3, 0.4) is 0 Å². The zero-order chi connectivity index (χ0) is 19.9. The van der Waals surface area contributed by atoms with E-state index in [0.29, 0.717) is 25.4 Å². The molecule has 2 N–H and O–H groups in total. The molecule has 1 aliphatic rings. The topological polar surface area (TPSA) is 93.5 Å². The molecule has 0 heterocycles. The normalized spacial score (nSPS) is 13.6. The third-order valence-electron chi connectivity index (χ3n) is 4.87. The lowest BCUT2D eigenvalue weighted by Crippen LogP contribution is -2.28. The molecule has 3 rings (SSSR count). The number of nitrogens with one attached hydrogen (secondary N) is 2. The highest BCUT2D eigenvalue weighted by molar-refractivity contribution is 5.93. The summed E-state index contributed by atoms with van der Waals surface area (Å²) in [6, 6.07) is 12.3. The van der Waals surface area contributed by atoms with Crippen molar-refractivity contribution >= 4 is 17.3 Å². The number of benzene rings is 2. The number of hydrogen-bond acceptors (Lipinski definition) is 5. The Labute approximate surface area is 164 Å². The Morgan fingerprint density at radius 1 is 1.21 bits per heavy atom. The second kappa shape index (κ2) is 9.32. The first-order valence-electron chi connectivity index (χ1n) is 9.57. The first kappa shape index (κ1) is 19.8. The fourth-order valence-electron chi connectivity index (χ4n) is 3.13. The summed E-state index contributed by atoms with van der Waals surface area (Å²) >= 11 is 0. The summed E-state index contributed by atoms with van der Waals surface area (Å²) in [5.41, 5.74) is 2.60. The van der Waals surface area contributed by atoms with Gasteiger partial charge in [-0.15, -0.1) is 0 Å². The summed E-state index contributed by atoms with van der Waals surface area (Å²) in [7, 11) is 0. The number of anilines is 1. The summed E-state index contributed by atoms with van der Waals surface area (Å²) in [5.74, 6) is 0.879. The van der Waals surface area contributed by atoms with Crippen LogP contribution in [0.15, 0.2) is 42.5 Å². The quantitative estimate of drug-likeness (QED) is 0.504. The molecule has 1 saturated carbocycles. The smallest absolute Gasteiger partial charge is 0.270 e. The Morgan fingerprint density at radius 2 is 2.04 bits per heavy atom. The molecule has 0 spiro atoms. The molecule has 7 nitrogen and oxygen atoms in total. The van der Waals surface area contributed by atoms with Gasteiger partial charge in [0.1, 0.15) is 5.75 Å². The van der Waals surface area contributed by atoms with Gasteiger partial charge in [-0.05, 0) is 43.5 Å². The van der Waals surface area contributed by atoms with E-state index in [-0.39, 0.29) is 17.5 Å². The van der Waals surface area contributed by atoms with Crippen LogP contribution in [0.2, 0.25) is 0 Å². The van der Waals surface area contributed by atoms with E-state index in [2.05, 4.69) is 10.6 Å². The molecule has 0 atom stereocenters. The van der Waals surface area contributed by atoms with Gasteiger partial charge >= 0.3 is 0 Å². The second-order valence-corrected chi connectivity index (χ2v) is 6.90. The second-order valence-electron chi connectivity index (χ2n) is 6.90. The van der Waals surface area contributed by atoms with Gasteiger partial charge in [0.15, 0.2) is 0 Å². The van der Waals surface area contributed by atoms with Crippen molar-refractivity contribution in [3.8, 4) is 5.75 Å². The maximum Gasteiger partial charge on any atom is 0.270 e. The highest BCUT2D eigenvalue weighted by atomic mass is 16.6. The SMILES string of the molecule is CCOc1ccc([N+](=O)[O-])cc1CNCc1cccc(NC(=O)C2CCC2)c1. The van der Waals surface area contributed by atoms with Crippen LogP contribution in [0.1, 0.15) is 37.3 Å². The lowest BCUT2D eigenvalue weighted by Gasteiger charge is -2.24. The Kier molecular flexibility index (Phi) is 6.60. The number of nitrogens with zero attached hydrogens (tertiary/aromatic N) is 1. The van der Waals surface area contributed by atoms with Crippen LogP contribution in [-0.2, 0) is 17.9 Å². The summed E-state index contributed by atoms with van der Waals surface area (Å²) in [6.45, 7) is 3.38. The molecule has 1 fully saturated rings. The molecule has 0 aromatic heterocycles. The third-order valence-corrected chi connectivity index (χ3v) is 4.87. The minimum absolute atomic E-state index is 0.0426. The van der Waals surface area contributed by atoms with Crippen molar-refractivity contribution in [2.75, 3.05) is 11.9 Å². The molecule has 0 aliphatic heterocycles. The molecule has 28 heavy (non-hydrogen) atoms. The number of hydrogen-bond donors (Lipinski definition) is 2. The zero-order valence-corrected chi connectivity index (χ0v) is 15.9. The zero-order valence-electron chi connectivity index (χ0n) is 15.9. The molecule has 0 unspecified atom stereocenters. The largest absolute Gasteiger partial charge is 0.494 e. The van der Waals surface area contributed by atoms with E-state index in [1.807, 2.05) is 31.2 Å². The van der Waals surface area contributed by atoms with Gasteiger partial charge in [0.25, 0.3) is 5.69 Å². The van der Waals surface area contributed by atoms with Crippen LogP contribution in [0.4, 0.5) is 11.4 Å². The molecule has 148 valence electrons. The van der Waals surface area contributed by atoms with Crippen molar-refractivity contribution < 1.29 is 14.5 Å². The van der Waals surface area contributed by atoms with Gasteiger partial charge < -0.3 is 15.4 Å².